The summed E-state index contributed by atoms with van der Waals surface area (Å²) in [5, 5.41) is 29.6. The number of carboxylic acid groups (broad SMARTS) is 1. The zero-order chi connectivity index (χ0) is 19.7. The van der Waals surface area contributed by atoms with Gasteiger partial charge in [-0.1, -0.05) is 0 Å². The van der Waals surface area contributed by atoms with Gasteiger partial charge in [0.2, 0.25) is 0 Å². The molecule has 6 atom stereocenters. The second-order valence-electron chi connectivity index (χ2n) is 6.35. The number of nitrogens with two attached hydrogens (primary N) is 2. The Morgan fingerprint density at radius 2 is 2.11 bits per heavy atom. The van der Waals surface area contributed by atoms with Gasteiger partial charge >= 0.3 is 5.97 Å². The Bertz CT molecular complexity index is 819. The maximum absolute atomic E-state index is 10.8. The molecule has 0 spiro atoms. The number of rotatable bonds is 7. The van der Waals surface area contributed by atoms with Crippen molar-refractivity contribution in [3.63, 3.8) is 0 Å². The predicted molar refractivity (Wildman–Crippen MR) is 98.3 cm³/mol. The van der Waals surface area contributed by atoms with Crippen LogP contribution in [0.2, 0.25) is 0 Å². The third-order valence-electron chi connectivity index (χ3n) is 4.43. The van der Waals surface area contributed by atoms with Crippen LogP contribution in [0.4, 0.5) is 5.82 Å². The van der Waals surface area contributed by atoms with Crippen molar-refractivity contribution in [1.82, 2.24) is 19.5 Å². The fourth-order valence-electron chi connectivity index (χ4n) is 2.89. The smallest absolute Gasteiger partial charge is 0.320 e. The number of anilines is 1. The highest BCUT2D eigenvalue weighted by Crippen LogP contribution is 2.32. The van der Waals surface area contributed by atoms with Gasteiger partial charge in [0.1, 0.15) is 47.7 Å². The molecule has 0 amide bonds. The van der Waals surface area contributed by atoms with Crippen LogP contribution < -0.4 is 11.5 Å². The summed E-state index contributed by atoms with van der Waals surface area (Å²) in [4.78, 5) is 22.9. The minimum atomic E-state index is -1.19. The molecule has 1 fully saturated rings. The summed E-state index contributed by atoms with van der Waals surface area (Å²) < 4.78 is 7.35. The zero-order valence-corrected chi connectivity index (χ0v) is 15.2. The molecule has 1 aliphatic heterocycles. The van der Waals surface area contributed by atoms with Crippen LogP contribution in [-0.2, 0) is 20.4 Å². The van der Waals surface area contributed by atoms with E-state index in [9.17, 15) is 15.0 Å². The first-order chi connectivity index (χ1) is 12.8. The number of hydrogen-bond donors (Lipinski definition) is 5. The lowest BCUT2D eigenvalue weighted by Gasteiger charge is -2.16. The maximum Gasteiger partial charge on any atom is 0.320 e. The molecule has 147 valence electrons. The molecular formula is C15H22N6O5S+. The number of ether oxygens (including phenoxy) is 1. The first kappa shape index (κ1) is 19.8. The van der Waals surface area contributed by atoms with Gasteiger partial charge < -0.3 is 31.5 Å². The SMILES string of the molecule is [CH2][S+](CC[C@H](N)C(=O)O)C[C@H]1O[C@@H](n2cnc3c(N)ncnc32)[C@H](O)[C@@H]1O. The predicted octanol–water partition coefficient (Wildman–Crippen LogP) is -1.76. The molecule has 2 aromatic rings. The minimum absolute atomic E-state index is 0.206. The van der Waals surface area contributed by atoms with Gasteiger partial charge in [-0.15, -0.1) is 0 Å². The van der Waals surface area contributed by atoms with Crippen LogP contribution in [0.3, 0.4) is 0 Å². The molecule has 2 aromatic heterocycles. The Labute approximate surface area is 157 Å². The number of aliphatic hydroxyl groups excluding tert-OH is 2. The molecule has 1 saturated heterocycles. The number of aromatic nitrogens is 4. The van der Waals surface area contributed by atoms with E-state index < -0.39 is 47.4 Å². The standard InChI is InChI=1S/C15H22N6O5S/c1-27(3-2-7(16)15(24)25)4-8-10(22)11(23)14(26-8)21-6-20-9-12(17)18-5-19-13(9)21/h5-8,10-11,14,22-23H,1-4,16H2,(H,24,25)(H2,17,18,19)/q+1/t7-,8+,10+,11+,14+,27?/m0/s1. The van der Waals surface area contributed by atoms with E-state index in [1.165, 1.54) is 17.2 Å². The molecule has 27 heavy (non-hydrogen) atoms. The number of aliphatic hydroxyl groups is 2. The maximum atomic E-state index is 10.8. The Kier molecular flexibility index (Phi) is 5.81. The van der Waals surface area contributed by atoms with Gasteiger partial charge in [0, 0.05) is 6.42 Å². The van der Waals surface area contributed by atoms with Crippen molar-refractivity contribution in [3.8, 4) is 0 Å². The van der Waals surface area contributed by atoms with E-state index >= 15 is 0 Å². The van der Waals surface area contributed by atoms with E-state index in [4.69, 9.17) is 21.3 Å². The highest BCUT2D eigenvalue weighted by Gasteiger charge is 2.46. The van der Waals surface area contributed by atoms with Crippen molar-refractivity contribution in [1.29, 1.82) is 0 Å². The average molecular weight is 398 g/mol. The van der Waals surface area contributed by atoms with E-state index in [0.29, 0.717) is 22.7 Å². The fraction of sp³-hybridized carbons (Fsp3) is 0.533. The third-order valence-corrected chi connectivity index (χ3v) is 6.05. The first-order valence-electron chi connectivity index (χ1n) is 8.19. The van der Waals surface area contributed by atoms with Crippen LogP contribution in [0, 0.1) is 6.26 Å². The Morgan fingerprint density at radius 1 is 1.37 bits per heavy atom. The lowest BCUT2D eigenvalue weighted by atomic mass is 10.1. The first-order valence-corrected chi connectivity index (χ1v) is 9.93. The average Bonchev–Trinajstić information content (AvgIpc) is 3.17. The molecule has 1 unspecified atom stereocenters. The molecule has 7 N–H and O–H groups in total. The normalized spacial score (nSPS) is 27.7. The van der Waals surface area contributed by atoms with Crippen molar-refractivity contribution in [2.45, 2.75) is 37.0 Å². The number of carboxylic acids is 1. The topological polar surface area (TPSA) is 183 Å². The highest BCUT2D eigenvalue weighted by molar-refractivity contribution is 7.97. The Balaban J connectivity index is 1.68. The van der Waals surface area contributed by atoms with E-state index in [-0.39, 0.29) is 12.2 Å². The van der Waals surface area contributed by atoms with E-state index in [1.807, 2.05) is 0 Å². The van der Waals surface area contributed by atoms with Crippen LogP contribution in [0.1, 0.15) is 12.6 Å². The van der Waals surface area contributed by atoms with E-state index in [2.05, 4.69) is 21.2 Å². The number of aliphatic carboxylic acids is 1. The van der Waals surface area contributed by atoms with Gasteiger partial charge in [0.15, 0.2) is 23.9 Å². The van der Waals surface area contributed by atoms with Gasteiger partial charge in [0.25, 0.3) is 0 Å². The van der Waals surface area contributed by atoms with Crippen molar-refractivity contribution in [2.24, 2.45) is 5.73 Å². The summed E-state index contributed by atoms with van der Waals surface area (Å²) in [7, 11) is -0.485. The van der Waals surface area contributed by atoms with Crippen LogP contribution >= 0.6 is 0 Å². The van der Waals surface area contributed by atoms with Crippen LogP contribution in [0.15, 0.2) is 12.7 Å². The number of hydrogen-bond acceptors (Lipinski definition) is 9. The van der Waals surface area contributed by atoms with Crippen molar-refractivity contribution < 1.29 is 24.9 Å². The van der Waals surface area contributed by atoms with Gasteiger partial charge in [-0.05, 0) is 10.9 Å². The Hall–Kier alpha value is -1.99. The lowest BCUT2D eigenvalue weighted by molar-refractivity contribution is -0.138. The van der Waals surface area contributed by atoms with Crippen molar-refractivity contribution in [3.05, 3.63) is 18.9 Å². The quantitative estimate of drug-likeness (QED) is 0.335. The molecule has 0 aromatic carbocycles. The highest BCUT2D eigenvalue weighted by atomic mass is 32.2. The van der Waals surface area contributed by atoms with Gasteiger partial charge in [-0.3, -0.25) is 9.36 Å². The second-order valence-corrected chi connectivity index (χ2v) is 8.31. The van der Waals surface area contributed by atoms with Crippen molar-refractivity contribution in [2.75, 3.05) is 17.2 Å². The summed E-state index contributed by atoms with van der Waals surface area (Å²) in [6.45, 7) is 0. The molecule has 1 aliphatic rings. The van der Waals surface area contributed by atoms with E-state index in [0.717, 1.165) is 0 Å². The molecule has 0 bridgehead atoms. The van der Waals surface area contributed by atoms with Gasteiger partial charge in [-0.2, -0.15) is 0 Å². The minimum Gasteiger partial charge on any atom is -0.480 e. The molecule has 3 rings (SSSR count). The Morgan fingerprint density at radius 3 is 2.81 bits per heavy atom. The molecule has 3 heterocycles. The van der Waals surface area contributed by atoms with Gasteiger partial charge in [-0.25, -0.2) is 15.0 Å². The summed E-state index contributed by atoms with van der Waals surface area (Å²) >= 11 is 0. The molecule has 0 aliphatic carbocycles. The summed E-state index contributed by atoms with van der Waals surface area (Å²) in [6.07, 6.45) is 3.10. The molecule has 0 saturated carbocycles. The fourth-order valence-corrected chi connectivity index (χ4v) is 4.38. The monoisotopic (exact) mass is 398 g/mol. The summed E-state index contributed by atoms with van der Waals surface area (Å²) in [5.41, 5.74) is 12.0. The number of imidazole rings is 1. The van der Waals surface area contributed by atoms with Gasteiger partial charge in [0.05, 0.1) is 6.33 Å². The zero-order valence-electron chi connectivity index (χ0n) is 14.4. The van der Waals surface area contributed by atoms with Crippen molar-refractivity contribution >= 4 is 33.8 Å². The number of nitrogen functional groups attached to an aromatic ring is 1. The third kappa shape index (κ3) is 3.99. The molecule has 11 nitrogen and oxygen atoms in total. The van der Waals surface area contributed by atoms with Crippen LogP contribution in [-0.4, -0.2) is 76.7 Å². The molecule has 1 radical (unpaired) electrons. The van der Waals surface area contributed by atoms with E-state index in [1.54, 1.807) is 0 Å². The number of fused-ring (bicyclic) bond motifs is 1. The second kappa shape index (κ2) is 7.94. The number of nitrogens with zero attached hydrogens (tertiary/aromatic N) is 4. The van der Waals surface area contributed by atoms with Crippen LogP contribution in [0.25, 0.3) is 11.2 Å². The summed E-state index contributed by atoms with van der Waals surface area (Å²) in [6, 6.07) is -0.947. The molecular weight excluding hydrogens is 376 g/mol. The number of carbonyl (C=O) groups is 1. The molecule has 12 heteroatoms. The lowest BCUT2D eigenvalue weighted by Crippen LogP contribution is -2.37. The largest absolute Gasteiger partial charge is 0.480 e. The van der Waals surface area contributed by atoms with Crippen LogP contribution in [0.5, 0.6) is 0 Å². The summed E-state index contributed by atoms with van der Waals surface area (Å²) in [5.74, 6) is -0.00562.